The summed E-state index contributed by atoms with van der Waals surface area (Å²) < 4.78 is 0. The summed E-state index contributed by atoms with van der Waals surface area (Å²) in [6.07, 6.45) is 1.69. The lowest BCUT2D eigenvalue weighted by Gasteiger charge is -2.25. The van der Waals surface area contributed by atoms with Gasteiger partial charge in [-0.3, -0.25) is 9.59 Å². The van der Waals surface area contributed by atoms with Crippen molar-refractivity contribution in [1.29, 1.82) is 0 Å². The summed E-state index contributed by atoms with van der Waals surface area (Å²) in [7, 11) is 0. The summed E-state index contributed by atoms with van der Waals surface area (Å²) >= 11 is 1.61. The highest BCUT2D eigenvalue weighted by Crippen LogP contribution is 2.34. The maximum atomic E-state index is 13.0. The molecule has 0 radical (unpaired) electrons. The van der Waals surface area contributed by atoms with Crippen LogP contribution in [0.1, 0.15) is 24.8 Å². The number of anilines is 1. The Labute approximate surface area is 139 Å². The Hall–Kier alpha value is -2.14. The average molecular weight is 329 g/mol. The van der Waals surface area contributed by atoms with Gasteiger partial charge in [-0.2, -0.15) is 11.3 Å². The van der Waals surface area contributed by atoms with Gasteiger partial charge in [0, 0.05) is 11.6 Å². The van der Waals surface area contributed by atoms with Gasteiger partial charge < -0.3 is 10.0 Å². The number of nitrogens with zero attached hydrogens (tertiary/aromatic N) is 1. The molecule has 1 aliphatic carbocycles. The van der Waals surface area contributed by atoms with E-state index in [1.54, 1.807) is 16.2 Å². The van der Waals surface area contributed by atoms with Crippen molar-refractivity contribution >= 4 is 28.9 Å². The number of benzene rings is 1. The molecule has 2 aromatic rings. The van der Waals surface area contributed by atoms with Gasteiger partial charge in [0.2, 0.25) is 5.91 Å². The maximum Gasteiger partial charge on any atom is 0.306 e. The molecule has 1 fully saturated rings. The van der Waals surface area contributed by atoms with Crippen LogP contribution in [0.5, 0.6) is 0 Å². The van der Waals surface area contributed by atoms with Gasteiger partial charge in [-0.25, -0.2) is 0 Å². The lowest BCUT2D eigenvalue weighted by molar-refractivity contribution is -0.141. The fourth-order valence-corrected chi connectivity index (χ4v) is 3.78. The third-order valence-corrected chi connectivity index (χ3v) is 5.12. The molecule has 1 aliphatic rings. The summed E-state index contributed by atoms with van der Waals surface area (Å²) in [5.74, 6) is -1.34. The van der Waals surface area contributed by atoms with E-state index in [2.05, 4.69) is 0 Å². The number of carboxylic acid groups (broad SMARTS) is 1. The number of thiophene rings is 1. The van der Waals surface area contributed by atoms with Gasteiger partial charge in [0.1, 0.15) is 0 Å². The van der Waals surface area contributed by atoms with Crippen molar-refractivity contribution in [3.8, 4) is 0 Å². The molecule has 1 aromatic heterocycles. The molecule has 1 aromatic carbocycles. The van der Waals surface area contributed by atoms with E-state index >= 15 is 0 Å². The Kier molecular flexibility index (Phi) is 4.76. The fourth-order valence-electron chi connectivity index (χ4n) is 3.12. The zero-order chi connectivity index (χ0) is 16.2. The summed E-state index contributed by atoms with van der Waals surface area (Å²) in [4.78, 5) is 25.9. The largest absolute Gasteiger partial charge is 0.481 e. The smallest absolute Gasteiger partial charge is 0.306 e. The van der Waals surface area contributed by atoms with Gasteiger partial charge in [0.15, 0.2) is 0 Å². The molecule has 0 unspecified atom stereocenters. The number of aliphatic carboxylic acids is 1. The molecule has 0 spiro atoms. The Morgan fingerprint density at radius 3 is 2.48 bits per heavy atom. The van der Waals surface area contributed by atoms with E-state index in [1.807, 2.05) is 47.2 Å². The third kappa shape index (κ3) is 3.62. The second-order valence-electron chi connectivity index (χ2n) is 5.94. The van der Waals surface area contributed by atoms with Crippen LogP contribution in [-0.4, -0.2) is 17.0 Å². The fraction of sp³-hybridized carbons (Fsp3) is 0.333. The Morgan fingerprint density at radius 1 is 1.13 bits per heavy atom. The first-order chi connectivity index (χ1) is 11.1. The molecule has 1 heterocycles. The van der Waals surface area contributed by atoms with Gasteiger partial charge in [0.05, 0.1) is 12.5 Å². The molecule has 120 valence electrons. The minimum atomic E-state index is -0.788. The first-order valence-electron chi connectivity index (χ1n) is 7.75. The van der Waals surface area contributed by atoms with Crippen LogP contribution in [0.2, 0.25) is 0 Å². The topological polar surface area (TPSA) is 57.6 Å². The summed E-state index contributed by atoms with van der Waals surface area (Å²) in [5, 5.41) is 13.2. The lowest BCUT2D eigenvalue weighted by Crippen LogP contribution is -2.35. The van der Waals surface area contributed by atoms with Crippen molar-refractivity contribution in [1.82, 2.24) is 0 Å². The Bertz CT molecular complexity index is 669. The van der Waals surface area contributed by atoms with Gasteiger partial charge in [-0.15, -0.1) is 0 Å². The average Bonchev–Trinajstić information content (AvgIpc) is 3.24. The first kappa shape index (κ1) is 15.7. The van der Waals surface area contributed by atoms with E-state index in [0.29, 0.717) is 25.8 Å². The zero-order valence-electron chi connectivity index (χ0n) is 12.7. The number of rotatable bonds is 5. The van der Waals surface area contributed by atoms with Crippen molar-refractivity contribution in [2.75, 3.05) is 4.90 Å². The van der Waals surface area contributed by atoms with Crippen molar-refractivity contribution < 1.29 is 14.7 Å². The van der Waals surface area contributed by atoms with Crippen LogP contribution in [0.25, 0.3) is 0 Å². The van der Waals surface area contributed by atoms with Crippen molar-refractivity contribution in [3.63, 3.8) is 0 Å². The standard InChI is InChI=1S/C18H19NO3S/c20-17(14-6-7-15(10-14)18(21)22)19(11-13-8-9-23-12-13)16-4-2-1-3-5-16/h1-5,8-9,12,14-15H,6-7,10-11H2,(H,21,22)/t14-,15+/m0/s1. The van der Waals surface area contributed by atoms with Crippen LogP contribution >= 0.6 is 11.3 Å². The monoisotopic (exact) mass is 329 g/mol. The number of para-hydroxylation sites is 1. The van der Waals surface area contributed by atoms with Gasteiger partial charge in [-0.05, 0) is 53.8 Å². The molecule has 2 atom stereocenters. The van der Waals surface area contributed by atoms with E-state index in [4.69, 9.17) is 5.11 Å². The highest BCUT2D eigenvalue weighted by atomic mass is 32.1. The molecule has 23 heavy (non-hydrogen) atoms. The molecule has 1 saturated carbocycles. The highest BCUT2D eigenvalue weighted by Gasteiger charge is 2.36. The summed E-state index contributed by atoms with van der Waals surface area (Å²) in [6.45, 7) is 0.528. The molecule has 3 rings (SSSR count). The van der Waals surface area contributed by atoms with E-state index in [1.165, 1.54) is 0 Å². The molecule has 1 N–H and O–H groups in total. The van der Waals surface area contributed by atoms with Crippen LogP contribution in [0.3, 0.4) is 0 Å². The molecule has 0 saturated heterocycles. The van der Waals surface area contributed by atoms with E-state index in [9.17, 15) is 9.59 Å². The van der Waals surface area contributed by atoms with Crippen molar-refractivity contribution in [2.24, 2.45) is 11.8 Å². The lowest BCUT2D eigenvalue weighted by atomic mass is 10.0. The van der Waals surface area contributed by atoms with Crippen molar-refractivity contribution in [3.05, 3.63) is 52.7 Å². The number of hydrogen-bond donors (Lipinski definition) is 1. The number of carboxylic acids is 1. The number of carbonyl (C=O) groups is 2. The first-order valence-corrected chi connectivity index (χ1v) is 8.69. The molecule has 5 heteroatoms. The van der Waals surface area contributed by atoms with Crippen molar-refractivity contribution in [2.45, 2.75) is 25.8 Å². The third-order valence-electron chi connectivity index (χ3n) is 4.39. The van der Waals surface area contributed by atoms with Crippen LogP contribution in [0.15, 0.2) is 47.2 Å². The van der Waals surface area contributed by atoms with Crippen LogP contribution in [0, 0.1) is 11.8 Å². The van der Waals surface area contributed by atoms with Crippen LogP contribution in [-0.2, 0) is 16.1 Å². The summed E-state index contributed by atoms with van der Waals surface area (Å²) in [6, 6.07) is 11.6. The molecular formula is C18H19NO3S. The van der Waals surface area contributed by atoms with E-state index in [0.717, 1.165) is 11.3 Å². The predicted molar refractivity (Wildman–Crippen MR) is 90.4 cm³/mol. The minimum absolute atomic E-state index is 0.0335. The SMILES string of the molecule is O=C(O)[C@@H]1CC[C@H](C(=O)N(Cc2ccsc2)c2ccccc2)C1. The van der Waals surface area contributed by atoms with Gasteiger partial charge >= 0.3 is 5.97 Å². The predicted octanol–water partition coefficient (Wildman–Crippen LogP) is 3.78. The van der Waals surface area contributed by atoms with Gasteiger partial charge in [0.25, 0.3) is 0 Å². The molecule has 1 amide bonds. The maximum absolute atomic E-state index is 13.0. The minimum Gasteiger partial charge on any atom is -0.481 e. The summed E-state index contributed by atoms with van der Waals surface area (Å²) in [5.41, 5.74) is 1.96. The highest BCUT2D eigenvalue weighted by molar-refractivity contribution is 7.07. The van der Waals surface area contributed by atoms with Crippen LogP contribution in [0.4, 0.5) is 5.69 Å². The van der Waals surface area contributed by atoms with Gasteiger partial charge in [-0.1, -0.05) is 18.2 Å². The second kappa shape index (κ2) is 6.96. The molecule has 0 aliphatic heterocycles. The zero-order valence-corrected chi connectivity index (χ0v) is 13.5. The Balaban J connectivity index is 1.80. The quantitative estimate of drug-likeness (QED) is 0.908. The van der Waals surface area contributed by atoms with E-state index in [-0.39, 0.29) is 17.7 Å². The molecule has 4 nitrogen and oxygen atoms in total. The van der Waals surface area contributed by atoms with E-state index < -0.39 is 5.97 Å². The second-order valence-corrected chi connectivity index (χ2v) is 6.72. The Morgan fingerprint density at radius 2 is 1.87 bits per heavy atom. The number of hydrogen-bond acceptors (Lipinski definition) is 3. The molecular weight excluding hydrogens is 310 g/mol. The van der Waals surface area contributed by atoms with Crippen LogP contribution < -0.4 is 4.90 Å². The normalized spacial score (nSPS) is 20.3. The number of amides is 1. The number of carbonyl (C=O) groups excluding carboxylic acids is 1. The molecule has 0 bridgehead atoms.